The van der Waals surface area contributed by atoms with E-state index in [1.165, 1.54) is 20.0 Å². The molecule has 0 amide bonds. The average Bonchev–Trinajstić information content (AvgIpc) is 3.07. The van der Waals surface area contributed by atoms with Gasteiger partial charge in [-0.05, 0) is 39.5 Å². The number of hydrogen-bond acceptors (Lipinski definition) is 5. The van der Waals surface area contributed by atoms with Crippen LogP contribution in [-0.4, -0.2) is 30.6 Å². The number of aryl methyl sites for hydroxylation is 1. The molecule has 1 aromatic rings. The van der Waals surface area contributed by atoms with Gasteiger partial charge in [-0.15, -0.1) is 11.3 Å². The van der Waals surface area contributed by atoms with Crippen LogP contribution < -0.4 is 4.90 Å². The second-order valence-corrected chi connectivity index (χ2v) is 6.26. The molecule has 2 rings (SSSR count). The van der Waals surface area contributed by atoms with Crippen LogP contribution in [0.25, 0.3) is 0 Å². The molecule has 0 bridgehead atoms. The molecule has 100 valence electrons. The van der Waals surface area contributed by atoms with Gasteiger partial charge in [0.05, 0.1) is 7.11 Å². The fourth-order valence-electron chi connectivity index (χ4n) is 1.88. The molecule has 18 heavy (non-hydrogen) atoms. The minimum atomic E-state index is -0.342. The van der Waals surface area contributed by atoms with Crippen molar-refractivity contribution in [3.8, 4) is 0 Å². The summed E-state index contributed by atoms with van der Waals surface area (Å²) in [6, 6.07) is 0.404. The van der Waals surface area contributed by atoms with E-state index in [-0.39, 0.29) is 5.97 Å². The first-order valence-electron chi connectivity index (χ1n) is 6.35. The Morgan fingerprint density at radius 2 is 2.22 bits per heavy atom. The Labute approximate surface area is 112 Å². The van der Waals surface area contributed by atoms with E-state index >= 15 is 0 Å². The van der Waals surface area contributed by atoms with Crippen LogP contribution in [-0.2, 0) is 4.74 Å². The molecule has 1 aliphatic carbocycles. The molecule has 0 spiro atoms. The summed E-state index contributed by atoms with van der Waals surface area (Å²) in [4.78, 5) is 19.3. The Hall–Kier alpha value is -1.10. The largest absolute Gasteiger partial charge is 0.464 e. The van der Waals surface area contributed by atoms with E-state index in [1.54, 1.807) is 11.3 Å². The SMILES string of the molecule is COC(=O)c1nc(N(CC2CC2)C(C)C)sc1C. The highest BCUT2D eigenvalue weighted by molar-refractivity contribution is 7.15. The van der Waals surface area contributed by atoms with E-state index in [2.05, 4.69) is 23.7 Å². The Kier molecular flexibility index (Phi) is 3.90. The maximum Gasteiger partial charge on any atom is 0.357 e. The summed E-state index contributed by atoms with van der Waals surface area (Å²) in [5.41, 5.74) is 0.457. The van der Waals surface area contributed by atoms with Gasteiger partial charge in [0.15, 0.2) is 10.8 Å². The van der Waals surface area contributed by atoms with Gasteiger partial charge < -0.3 is 9.64 Å². The van der Waals surface area contributed by atoms with Crippen LogP contribution in [0, 0.1) is 12.8 Å². The first-order chi connectivity index (χ1) is 8.52. The highest BCUT2D eigenvalue weighted by Crippen LogP contribution is 2.34. The van der Waals surface area contributed by atoms with Crippen LogP contribution in [0.1, 0.15) is 42.1 Å². The van der Waals surface area contributed by atoms with Crippen molar-refractivity contribution in [2.24, 2.45) is 5.92 Å². The van der Waals surface area contributed by atoms with E-state index in [0.717, 1.165) is 22.5 Å². The second-order valence-electron chi connectivity index (χ2n) is 5.08. The number of carbonyl (C=O) groups is 1. The van der Waals surface area contributed by atoms with Crippen molar-refractivity contribution in [1.29, 1.82) is 0 Å². The third-order valence-corrected chi connectivity index (χ3v) is 4.19. The molecule has 0 N–H and O–H groups in total. The summed E-state index contributed by atoms with van der Waals surface area (Å²) in [7, 11) is 1.39. The predicted octanol–water partition coefficient (Wildman–Crippen LogP) is 2.86. The van der Waals surface area contributed by atoms with Gasteiger partial charge >= 0.3 is 5.97 Å². The van der Waals surface area contributed by atoms with Crippen LogP contribution in [0.4, 0.5) is 5.13 Å². The highest BCUT2D eigenvalue weighted by atomic mass is 32.1. The van der Waals surface area contributed by atoms with Crippen molar-refractivity contribution in [3.05, 3.63) is 10.6 Å². The zero-order valence-corrected chi connectivity index (χ0v) is 12.2. The molecule has 1 saturated carbocycles. The van der Waals surface area contributed by atoms with E-state index in [4.69, 9.17) is 4.74 Å². The molecular formula is C13H20N2O2S. The van der Waals surface area contributed by atoms with Gasteiger partial charge in [-0.2, -0.15) is 0 Å². The Balaban J connectivity index is 2.21. The summed E-state index contributed by atoms with van der Waals surface area (Å²) in [6.07, 6.45) is 2.63. The van der Waals surface area contributed by atoms with E-state index in [0.29, 0.717) is 11.7 Å². The molecule has 0 atom stereocenters. The van der Waals surface area contributed by atoms with Gasteiger partial charge in [0.2, 0.25) is 0 Å². The van der Waals surface area contributed by atoms with Gasteiger partial charge in [0.1, 0.15) is 0 Å². The number of rotatable bonds is 5. The lowest BCUT2D eigenvalue weighted by atomic mass is 10.3. The molecular weight excluding hydrogens is 248 g/mol. The Bertz CT molecular complexity index is 438. The summed E-state index contributed by atoms with van der Waals surface area (Å²) >= 11 is 1.58. The van der Waals surface area contributed by atoms with Crippen molar-refractivity contribution in [1.82, 2.24) is 4.98 Å². The molecule has 1 aliphatic rings. The smallest absolute Gasteiger partial charge is 0.357 e. The second kappa shape index (κ2) is 5.26. The number of esters is 1. The molecule has 0 aliphatic heterocycles. The van der Waals surface area contributed by atoms with E-state index in [1.807, 2.05) is 6.92 Å². The monoisotopic (exact) mass is 268 g/mol. The zero-order chi connectivity index (χ0) is 13.3. The summed E-state index contributed by atoms with van der Waals surface area (Å²) in [6.45, 7) is 7.29. The molecule has 1 aromatic heterocycles. The molecule has 0 saturated heterocycles. The molecule has 4 nitrogen and oxygen atoms in total. The minimum Gasteiger partial charge on any atom is -0.464 e. The number of methoxy groups -OCH3 is 1. The third-order valence-electron chi connectivity index (χ3n) is 3.18. The third kappa shape index (κ3) is 2.83. The standard InChI is InChI=1S/C13H20N2O2S/c1-8(2)15(7-10-5-6-10)13-14-11(9(3)18-13)12(16)17-4/h8,10H,5-7H2,1-4H3. The summed E-state index contributed by atoms with van der Waals surface area (Å²) in [5, 5.41) is 0.940. The lowest BCUT2D eigenvalue weighted by Crippen LogP contribution is -2.32. The first kappa shape index (κ1) is 13.3. The lowest BCUT2D eigenvalue weighted by Gasteiger charge is -2.25. The van der Waals surface area contributed by atoms with Crippen LogP contribution in [0.5, 0.6) is 0 Å². The number of thiazole rings is 1. The fraction of sp³-hybridized carbons (Fsp3) is 0.692. The number of nitrogens with zero attached hydrogens (tertiary/aromatic N) is 2. The molecule has 0 unspecified atom stereocenters. The van der Waals surface area contributed by atoms with Crippen LogP contribution in [0.3, 0.4) is 0 Å². The molecule has 0 radical (unpaired) electrons. The van der Waals surface area contributed by atoms with Gasteiger partial charge in [-0.1, -0.05) is 0 Å². The maximum absolute atomic E-state index is 11.6. The normalized spacial score (nSPS) is 14.9. The molecule has 5 heteroatoms. The quantitative estimate of drug-likeness (QED) is 0.770. The van der Waals surface area contributed by atoms with Crippen molar-refractivity contribution >= 4 is 22.4 Å². The van der Waals surface area contributed by atoms with E-state index in [9.17, 15) is 4.79 Å². The van der Waals surface area contributed by atoms with Crippen LogP contribution in [0.2, 0.25) is 0 Å². The van der Waals surface area contributed by atoms with Crippen molar-refractivity contribution in [3.63, 3.8) is 0 Å². The Morgan fingerprint density at radius 3 is 2.72 bits per heavy atom. The summed E-state index contributed by atoms with van der Waals surface area (Å²) in [5.74, 6) is 0.461. The topological polar surface area (TPSA) is 42.4 Å². The van der Waals surface area contributed by atoms with Crippen molar-refractivity contribution in [2.45, 2.75) is 39.7 Å². The van der Waals surface area contributed by atoms with Gasteiger partial charge in [0, 0.05) is 17.5 Å². The van der Waals surface area contributed by atoms with Crippen LogP contribution in [0.15, 0.2) is 0 Å². The first-order valence-corrected chi connectivity index (χ1v) is 7.17. The van der Waals surface area contributed by atoms with Gasteiger partial charge in [-0.3, -0.25) is 0 Å². The zero-order valence-electron chi connectivity index (χ0n) is 11.4. The predicted molar refractivity (Wildman–Crippen MR) is 73.4 cm³/mol. The minimum absolute atomic E-state index is 0.342. The molecule has 1 fully saturated rings. The van der Waals surface area contributed by atoms with Crippen molar-refractivity contribution in [2.75, 3.05) is 18.6 Å². The average molecular weight is 268 g/mol. The van der Waals surface area contributed by atoms with Crippen LogP contribution >= 0.6 is 11.3 Å². The van der Waals surface area contributed by atoms with E-state index < -0.39 is 0 Å². The maximum atomic E-state index is 11.6. The van der Waals surface area contributed by atoms with Gasteiger partial charge in [0.25, 0.3) is 0 Å². The number of hydrogen-bond donors (Lipinski definition) is 0. The number of carbonyl (C=O) groups excluding carboxylic acids is 1. The Morgan fingerprint density at radius 1 is 1.56 bits per heavy atom. The van der Waals surface area contributed by atoms with Gasteiger partial charge in [-0.25, -0.2) is 9.78 Å². The number of aromatic nitrogens is 1. The van der Waals surface area contributed by atoms with Crippen molar-refractivity contribution < 1.29 is 9.53 Å². The number of ether oxygens (including phenoxy) is 1. The number of anilines is 1. The molecule has 1 heterocycles. The fourth-order valence-corrected chi connectivity index (χ4v) is 2.92. The molecule has 0 aromatic carbocycles. The lowest BCUT2D eigenvalue weighted by molar-refractivity contribution is 0.0594. The summed E-state index contributed by atoms with van der Waals surface area (Å²) < 4.78 is 4.75. The highest BCUT2D eigenvalue weighted by Gasteiger charge is 2.28.